The molecule has 3 N–H and O–H groups in total. The van der Waals surface area contributed by atoms with Crippen LogP contribution < -0.4 is 10.7 Å². The zero-order valence-electron chi connectivity index (χ0n) is 16.8. The molecule has 0 spiro atoms. The van der Waals surface area contributed by atoms with Gasteiger partial charge in [-0.2, -0.15) is 5.26 Å². The van der Waals surface area contributed by atoms with E-state index in [1.54, 1.807) is 41.4 Å². The lowest BCUT2D eigenvalue weighted by Crippen LogP contribution is -2.57. The lowest BCUT2D eigenvalue weighted by Gasteiger charge is -2.38. The van der Waals surface area contributed by atoms with Crippen molar-refractivity contribution in [3.05, 3.63) is 94.7 Å². The summed E-state index contributed by atoms with van der Waals surface area (Å²) in [7, 11) is 0. The smallest absolute Gasteiger partial charge is 0.335 e. The molecule has 7 nitrogen and oxygen atoms in total. The van der Waals surface area contributed by atoms with Crippen molar-refractivity contribution in [1.82, 2.24) is 15.8 Å². The van der Waals surface area contributed by atoms with Gasteiger partial charge in [0.05, 0.1) is 17.2 Å². The van der Waals surface area contributed by atoms with Crippen molar-refractivity contribution >= 4 is 23.1 Å². The first-order valence-corrected chi connectivity index (χ1v) is 9.74. The fourth-order valence-corrected chi connectivity index (χ4v) is 3.57. The lowest BCUT2D eigenvalue weighted by atomic mass is 9.97. The molecule has 0 aliphatic carbocycles. The van der Waals surface area contributed by atoms with Crippen LogP contribution in [0.25, 0.3) is 11.3 Å². The van der Waals surface area contributed by atoms with E-state index in [1.165, 1.54) is 6.08 Å². The number of benzene rings is 2. The molecule has 2 aromatic rings. The molecule has 4 rings (SSSR count). The maximum absolute atomic E-state index is 12.9. The number of hydrogen-bond acceptors (Lipinski definition) is 5. The average Bonchev–Trinajstić information content (AvgIpc) is 2.77. The van der Waals surface area contributed by atoms with Crippen LogP contribution in [-0.4, -0.2) is 28.2 Å². The summed E-state index contributed by atoms with van der Waals surface area (Å²) in [6.45, 7) is 1.87. The molecule has 0 bridgehead atoms. The molecule has 0 radical (unpaired) electrons. The number of hydrazine groups is 1. The third-order valence-corrected chi connectivity index (χ3v) is 5.21. The number of nitrogens with zero attached hydrogens (tertiary/aromatic N) is 2. The van der Waals surface area contributed by atoms with Crippen LogP contribution >= 0.6 is 0 Å². The normalized spacial score (nSPS) is 21.4. The minimum absolute atomic E-state index is 0.182. The molecular formula is C24H20N4O3. The van der Waals surface area contributed by atoms with Gasteiger partial charge in [-0.1, -0.05) is 30.3 Å². The SMILES string of the molecule is C/C1=C/C=C(/c2ccc(C(=O)O)cc2)CC2NC(c3ccc(C#N)cc3)=CC(=O)N2N1. The van der Waals surface area contributed by atoms with Gasteiger partial charge in [-0.25, -0.2) is 9.80 Å². The van der Waals surface area contributed by atoms with E-state index in [1.807, 2.05) is 31.2 Å². The van der Waals surface area contributed by atoms with Gasteiger partial charge in [0.25, 0.3) is 5.91 Å². The number of rotatable bonds is 3. The molecule has 154 valence electrons. The molecule has 2 aromatic carbocycles. The summed E-state index contributed by atoms with van der Waals surface area (Å²) >= 11 is 0. The first-order chi connectivity index (χ1) is 14.9. The molecule has 31 heavy (non-hydrogen) atoms. The number of nitrogens with one attached hydrogen (secondary N) is 2. The van der Waals surface area contributed by atoms with Crippen LogP contribution in [0.15, 0.2) is 72.5 Å². The number of carboxylic acids is 1. The second kappa shape index (κ2) is 8.20. The first-order valence-electron chi connectivity index (χ1n) is 9.74. The highest BCUT2D eigenvalue weighted by atomic mass is 16.4. The Morgan fingerprint density at radius 2 is 1.77 bits per heavy atom. The molecule has 1 unspecified atom stereocenters. The van der Waals surface area contributed by atoms with E-state index in [-0.39, 0.29) is 17.6 Å². The molecule has 0 saturated heterocycles. The van der Waals surface area contributed by atoms with Gasteiger partial charge in [0.2, 0.25) is 0 Å². The summed E-state index contributed by atoms with van der Waals surface area (Å²) in [5.41, 5.74) is 8.06. The van der Waals surface area contributed by atoms with E-state index < -0.39 is 5.97 Å². The van der Waals surface area contributed by atoms with E-state index in [2.05, 4.69) is 16.8 Å². The number of amides is 1. The van der Waals surface area contributed by atoms with Gasteiger partial charge < -0.3 is 10.4 Å². The predicted molar refractivity (Wildman–Crippen MR) is 116 cm³/mol. The number of aromatic carboxylic acids is 1. The van der Waals surface area contributed by atoms with E-state index in [9.17, 15) is 9.59 Å². The maximum Gasteiger partial charge on any atom is 0.335 e. The van der Waals surface area contributed by atoms with Gasteiger partial charge >= 0.3 is 5.97 Å². The summed E-state index contributed by atoms with van der Waals surface area (Å²) in [5.74, 6) is -1.15. The number of carbonyl (C=O) groups is 2. The molecule has 0 aromatic heterocycles. The Bertz CT molecular complexity index is 1170. The largest absolute Gasteiger partial charge is 0.478 e. The monoisotopic (exact) mass is 412 g/mol. The van der Waals surface area contributed by atoms with Crippen LogP contribution in [0, 0.1) is 11.3 Å². The van der Waals surface area contributed by atoms with Crippen molar-refractivity contribution in [2.24, 2.45) is 0 Å². The summed E-state index contributed by atoms with van der Waals surface area (Å²) in [6.07, 6.45) is 5.54. The number of fused-ring (bicyclic) bond motifs is 1. The highest BCUT2D eigenvalue weighted by molar-refractivity contribution is 5.97. The van der Waals surface area contributed by atoms with E-state index in [0.29, 0.717) is 17.7 Å². The molecule has 2 aliphatic rings. The van der Waals surface area contributed by atoms with Gasteiger partial charge in [-0.05, 0) is 54.0 Å². The van der Waals surface area contributed by atoms with Crippen molar-refractivity contribution < 1.29 is 14.7 Å². The van der Waals surface area contributed by atoms with Crippen molar-refractivity contribution in [3.8, 4) is 6.07 Å². The molecule has 1 atom stereocenters. The van der Waals surface area contributed by atoms with Crippen molar-refractivity contribution in [3.63, 3.8) is 0 Å². The Labute approximate surface area is 179 Å². The number of carbonyl (C=O) groups excluding carboxylic acids is 1. The zero-order chi connectivity index (χ0) is 22.0. The van der Waals surface area contributed by atoms with Crippen LogP contribution in [0.5, 0.6) is 0 Å². The van der Waals surface area contributed by atoms with Gasteiger partial charge in [0.1, 0.15) is 6.17 Å². The minimum Gasteiger partial charge on any atom is -0.478 e. The predicted octanol–water partition coefficient (Wildman–Crippen LogP) is 3.25. The van der Waals surface area contributed by atoms with E-state index in [0.717, 1.165) is 22.4 Å². The lowest BCUT2D eigenvalue weighted by molar-refractivity contribution is -0.132. The Hall–Kier alpha value is -4.31. The second-order valence-corrected chi connectivity index (χ2v) is 7.36. The first kappa shape index (κ1) is 20.0. The molecule has 0 fully saturated rings. The van der Waals surface area contributed by atoms with Crippen LogP contribution in [0.3, 0.4) is 0 Å². The van der Waals surface area contributed by atoms with Crippen molar-refractivity contribution in [1.29, 1.82) is 5.26 Å². The zero-order valence-corrected chi connectivity index (χ0v) is 16.8. The third-order valence-electron chi connectivity index (χ3n) is 5.21. The van der Waals surface area contributed by atoms with Gasteiger partial charge in [-0.3, -0.25) is 10.2 Å². The Morgan fingerprint density at radius 1 is 1.10 bits per heavy atom. The summed E-state index contributed by atoms with van der Waals surface area (Å²) in [4.78, 5) is 24.0. The average molecular weight is 412 g/mol. The molecule has 2 heterocycles. The molecule has 7 heteroatoms. The minimum atomic E-state index is -0.971. The Balaban J connectivity index is 1.65. The number of carboxylic acid groups (broad SMARTS) is 1. The Morgan fingerprint density at radius 3 is 2.42 bits per heavy atom. The fraction of sp³-hybridized carbons (Fsp3) is 0.125. The number of allylic oxidation sites excluding steroid dienone is 3. The number of hydrogen-bond donors (Lipinski definition) is 3. The topological polar surface area (TPSA) is 105 Å². The summed E-state index contributed by atoms with van der Waals surface area (Å²) < 4.78 is 0. The third kappa shape index (κ3) is 4.19. The van der Waals surface area contributed by atoms with Gasteiger partial charge in [0, 0.05) is 23.9 Å². The standard InChI is InChI=1S/C24H20N4O3/c1-15-2-5-20(17-8-10-19(11-9-17)24(30)31)12-22-26-21(13-23(29)28(22)27-15)18-6-3-16(14-25)4-7-18/h2-11,13,22,26-27H,12H2,1H3,(H,30,31)/b15-2-,20-5+. The van der Waals surface area contributed by atoms with Crippen LogP contribution in [0.2, 0.25) is 0 Å². The molecule has 1 amide bonds. The fourth-order valence-electron chi connectivity index (χ4n) is 3.57. The highest BCUT2D eigenvalue weighted by Gasteiger charge is 2.30. The van der Waals surface area contributed by atoms with Crippen LogP contribution in [0.1, 0.15) is 40.4 Å². The van der Waals surface area contributed by atoms with Crippen molar-refractivity contribution in [2.45, 2.75) is 19.5 Å². The number of nitriles is 1. The van der Waals surface area contributed by atoms with Crippen LogP contribution in [0.4, 0.5) is 0 Å². The van der Waals surface area contributed by atoms with Gasteiger partial charge in [0.15, 0.2) is 0 Å². The molecular weight excluding hydrogens is 392 g/mol. The highest BCUT2D eigenvalue weighted by Crippen LogP contribution is 2.27. The summed E-state index contributed by atoms with van der Waals surface area (Å²) in [6, 6.07) is 15.8. The van der Waals surface area contributed by atoms with E-state index in [4.69, 9.17) is 10.4 Å². The van der Waals surface area contributed by atoms with Gasteiger partial charge in [-0.15, -0.1) is 0 Å². The van der Waals surface area contributed by atoms with E-state index >= 15 is 0 Å². The molecule has 2 aliphatic heterocycles. The quantitative estimate of drug-likeness (QED) is 0.715. The summed E-state index contributed by atoms with van der Waals surface area (Å²) in [5, 5.41) is 23.1. The second-order valence-electron chi connectivity index (χ2n) is 7.36. The Kier molecular flexibility index (Phi) is 5.29. The molecule has 0 saturated carbocycles. The maximum atomic E-state index is 12.9. The van der Waals surface area contributed by atoms with Crippen LogP contribution in [-0.2, 0) is 4.79 Å². The van der Waals surface area contributed by atoms with Crippen molar-refractivity contribution in [2.75, 3.05) is 0 Å².